The molecule has 28 heavy (non-hydrogen) atoms. The van der Waals surface area contributed by atoms with Crippen LogP contribution in [0.5, 0.6) is 5.75 Å². The van der Waals surface area contributed by atoms with E-state index in [0.29, 0.717) is 0 Å². The summed E-state index contributed by atoms with van der Waals surface area (Å²) in [6.45, 7) is -0.448. The third-order valence-corrected chi connectivity index (χ3v) is 3.33. The second-order valence-electron chi connectivity index (χ2n) is 5.39. The molecule has 2 N–H and O–H groups in total. The van der Waals surface area contributed by atoms with E-state index >= 15 is 0 Å². The van der Waals surface area contributed by atoms with E-state index in [9.17, 15) is 22.8 Å². The minimum absolute atomic E-state index is 0.174. The second-order valence-corrected chi connectivity index (χ2v) is 5.39. The minimum atomic E-state index is -4.48. The van der Waals surface area contributed by atoms with E-state index in [4.69, 9.17) is 10.00 Å². The number of hydrogen-bond donors (Lipinski definition) is 2. The fourth-order valence-corrected chi connectivity index (χ4v) is 2.03. The van der Waals surface area contributed by atoms with Crippen molar-refractivity contribution < 1.29 is 27.5 Å². The Balaban J connectivity index is 1.83. The van der Waals surface area contributed by atoms with E-state index in [1.165, 1.54) is 30.3 Å². The van der Waals surface area contributed by atoms with Gasteiger partial charge in [-0.15, -0.1) is 0 Å². The molecule has 0 saturated heterocycles. The first-order chi connectivity index (χ1) is 13.3. The number of alkyl halides is 3. The van der Waals surface area contributed by atoms with Crippen LogP contribution in [-0.4, -0.2) is 18.4 Å². The van der Waals surface area contributed by atoms with Gasteiger partial charge in [-0.2, -0.15) is 18.4 Å². The number of nitriles is 1. The lowest BCUT2D eigenvalue weighted by molar-refractivity contribution is -0.137. The van der Waals surface area contributed by atoms with Crippen molar-refractivity contribution in [3.05, 3.63) is 71.3 Å². The summed E-state index contributed by atoms with van der Waals surface area (Å²) in [5.74, 6) is -1.22. The maximum Gasteiger partial charge on any atom is 0.416 e. The van der Waals surface area contributed by atoms with Crippen LogP contribution < -0.4 is 15.6 Å². The predicted octanol–water partition coefficient (Wildman–Crippen LogP) is 2.82. The van der Waals surface area contributed by atoms with E-state index < -0.39 is 30.2 Å². The molecule has 2 aromatic rings. The SMILES string of the molecule is N#Cc1ccccc1OCC(=O)NNC(=O)/C=C/c1cccc(C(F)(F)F)c1. The van der Waals surface area contributed by atoms with Crippen LogP contribution in [0.3, 0.4) is 0 Å². The summed E-state index contributed by atoms with van der Waals surface area (Å²) in [5, 5.41) is 8.92. The van der Waals surface area contributed by atoms with E-state index in [2.05, 4.69) is 10.9 Å². The number of benzene rings is 2. The van der Waals surface area contributed by atoms with Crippen molar-refractivity contribution in [2.24, 2.45) is 0 Å². The lowest BCUT2D eigenvalue weighted by Gasteiger charge is -2.08. The molecule has 0 atom stereocenters. The summed E-state index contributed by atoms with van der Waals surface area (Å²) >= 11 is 0. The number of hydrogen-bond acceptors (Lipinski definition) is 4. The number of carbonyl (C=O) groups excluding carboxylic acids is 2. The molecule has 0 aliphatic heterocycles. The van der Waals surface area contributed by atoms with Crippen LogP contribution in [-0.2, 0) is 15.8 Å². The first-order valence-corrected chi connectivity index (χ1v) is 7.85. The maximum absolute atomic E-state index is 12.6. The molecule has 0 aliphatic carbocycles. The summed E-state index contributed by atoms with van der Waals surface area (Å²) in [6.07, 6.45) is -2.33. The number of hydrazine groups is 1. The van der Waals surface area contributed by atoms with E-state index in [0.717, 1.165) is 18.2 Å². The van der Waals surface area contributed by atoms with Crippen molar-refractivity contribution >= 4 is 17.9 Å². The van der Waals surface area contributed by atoms with Crippen molar-refractivity contribution in [3.63, 3.8) is 0 Å². The van der Waals surface area contributed by atoms with Gasteiger partial charge in [0.05, 0.1) is 11.1 Å². The molecule has 0 heterocycles. The van der Waals surface area contributed by atoms with Crippen LogP contribution in [0.1, 0.15) is 16.7 Å². The normalized spacial score (nSPS) is 10.9. The number of halogens is 3. The molecule has 0 fully saturated rings. The van der Waals surface area contributed by atoms with Crippen molar-refractivity contribution in [2.45, 2.75) is 6.18 Å². The first kappa shape index (κ1) is 20.5. The largest absolute Gasteiger partial charge is 0.482 e. The molecule has 0 bridgehead atoms. The molecule has 0 saturated carbocycles. The predicted molar refractivity (Wildman–Crippen MR) is 93.4 cm³/mol. The Labute approximate surface area is 158 Å². The highest BCUT2D eigenvalue weighted by Crippen LogP contribution is 2.29. The summed E-state index contributed by atoms with van der Waals surface area (Å²) < 4.78 is 43.1. The van der Waals surface area contributed by atoms with Crippen molar-refractivity contribution in [3.8, 4) is 11.8 Å². The van der Waals surface area contributed by atoms with Crippen LogP contribution in [0.15, 0.2) is 54.6 Å². The number of para-hydroxylation sites is 1. The van der Waals surface area contributed by atoms with Crippen LogP contribution in [0.2, 0.25) is 0 Å². The average molecular weight is 389 g/mol. The third-order valence-electron chi connectivity index (χ3n) is 3.33. The Morgan fingerprint density at radius 2 is 1.86 bits per heavy atom. The summed E-state index contributed by atoms with van der Waals surface area (Å²) in [4.78, 5) is 23.3. The molecule has 0 radical (unpaired) electrons. The lowest BCUT2D eigenvalue weighted by Crippen LogP contribution is -2.43. The smallest absolute Gasteiger partial charge is 0.416 e. The van der Waals surface area contributed by atoms with E-state index in [1.807, 2.05) is 6.07 Å². The number of ether oxygens (including phenoxy) is 1. The van der Waals surface area contributed by atoms with E-state index in [1.54, 1.807) is 12.1 Å². The van der Waals surface area contributed by atoms with Crippen molar-refractivity contribution in [2.75, 3.05) is 6.61 Å². The molecular formula is C19H14F3N3O3. The zero-order valence-corrected chi connectivity index (χ0v) is 14.3. The van der Waals surface area contributed by atoms with Gasteiger partial charge in [0.15, 0.2) is 6.61 Å². The van der Waals surface area contributed by atoms with Crippen LogP contribution in [0.25, 0.3) is 6.08 Å². The zero-order valence-electron chi connectivity index (χ0n) is 14.3. The topological polar surface area (TPSA) is 91.2 Å². The van der Waals surface area contributed by atoms with Gasteiger partial charge in [0.25, 0.3) is 11.8 Å². The second kappa shape index (κ2) is 9.23. The van der Waals surface area contributed by atoms with Gasteiger partial charge in [-0.05, 0) is 35.9 Å². The minimum Gasteiger partial charge on any atom is -0.482 e. The Kier molecular flexibility index (Phi) is 6.76. The highest BCUT2D eigenvalue weighted by Gasteiger charge is 2.30. The summed E-state index contributed by atoms with van der Waals surface area (Å²) in [7, 11) is 0. The Morgan fingerprint density at radius 3 is 2.57 bits per heavy atom. The number of carbonyl (C=O) groups is 2. The van der Waals surface area contributed by atoms with Crippen molar-refractivity contribution in [1.82, 2.24) is 10.9 Å². The standard InChI is InChI=1S/C19H14F3N3O3/c20-19(21,22)15-6-3-4-13(10-15)8-9-17(26)24-25-18(27)12-28-16-7-2-1-5-14(16)11-23/h1-10H,12H2,(H,24,26)(H,25,27)/b9-8+. The monoisotopic (exact) mass is 389 g/mol. The number of amides is 2. The molecule has 6 nitrogen and oxygen atoms in total. The molecule has 9 heteroatoms. The highest BCUT2D eigenvalue weighted by molar-refractivity contribution is 5.93. The highest BCUT2D eigenvalue weighted by atomic mass is 19.4. The van der Waals surface area contributed by atoms with Crippen LogP contribution in [0, 0.1) is 11.3 Å². The molecule has 2 rings (SSSR count). The first-order valence-electron chi connectivity index (χ1n) is 7.85. The number of nitrogens with zero attached hydrogens (tertiary/aromatic N) is 1. The van der Waals surface area contributed by atoms with Gasteiger partial charge in [-0.25, -0.2) is 0 Å². The molecule has 0 aliphatic rings. The van der Waals surface area contributed by atoms with Gasteiger partial charge >= 0.3 is 6.18 Å². The molecule has 0 aromatic heterocycles. The quantitative estimate of drug-likeness (QED) is 0.608. The van der Waals surface area contributed by atoms with Gasteiger partial charge in [0.1, 0.15) is 11.8 Å². The van der Waals surface area contributed by atoms with Crippen LogP contribution in [0.4, 0.5) is 13.2 Å². The zero-order chi connectivity index (χ0) is 20.6. The van der Waals surface area contributed by atoms with Crippen LogP contribution >= 0.6 is 0 Å². The van der Waals surface area contributed by atoms with Gasteiger partial charge in [0.2, 0.25) is 0 Å². The third kappa shape index (κ3) is 6.17. The number of nitrogens with one attached hydrogen (secondary N) is 2. The molecule has 144 valence electrons. The molecule has 2 aromatic carbocycles. The molecular weight excluding hydrogens is 375 g/mol. The Morgan fingerprint density at radius 1 is 1.11 bits per heavy atom. The van der Waals surface area contributed by atoms with Crippen molar-refractivity contribution in [1.29, 1.82) is 5.26 Å². The maximum atomic E-state index is 12.6. The molecule has 0 spiro atoms. The number of rotatable bonds is 5. The van der Waals surface area contributed by atoms with Gasteiger partial charge in [0, 0.05) is 6.08 Å². The molecule has 2 amide bonds. The van der Waals surface area contributed by atoms with E-state index in [-0.39, 0.29) is 16.9 Å². The fourth-order valence-electron chi connectivity index (χ4n) is 2.03. The van der Waals surface area contributed by atoms with Gasteiger partial charge in [-0.3, -0.25) is 20.4 Å². The Hall–Kier alpha value is -3.80. The Bertz CT molecular complexity index is 934. The molecule has 0 unspecified atom stereocenters. The fraction of sp³-hybridized carbons (Fsp3) is 0.105. The average Bonchev–Trinajstić information content (AvgIpc) is 2.69. The summed E-state index contributed by atoms with van der Waals surface area (Å²) in [6, 6.07) is 12.7. The van der Waals surface area contributed by atoms with Gasteiger partial charge < -0.3 is 4.74 Å². The lowest BCUT2D eigenvalue weighted by atomic mass is 10.1. The van der Waals surface area contributed by atoms with Gasteiger partial charge in [-0.1, -0.05) is 24.3 Å². The summed E-state index contributed by atoms with van der Waals surface area (Å²) in [5.41, 5.74) is 3.75.